The van der Waals surface area contributed by atoms with Crippen LogP contribution in [0.4, 0.5) is 11.6 Å². The highest BCUT2D eigenvalue weighted by Gasteiger charge is 2.34. The molecule has 0 amide bonds. The third-order valence-corrected chi connectivity index (χ3v) is 6.20. The molecule has 1 aliphatic carbocycles. The lowest BCUT2D eigenvalue weighted by atomic mass is 9.95. The Labute approximate surface area is 199 Å². The molecular formula is C25H31N7O2. The molecule has 2 atom stereocenters. The number of hydrogen-bond acceptors (Lipinski definition) is 8. The molecule has 0 bridgehead atoms. The van der Waals surface area contributed by atoms with Crippen LogP contribution < -0.4 is 5.32 Å². The van der Waals surface area contributed by atoms with E-state index >= 15 is 0 Å². The highest BCUT2D eigenvalue weighted by molar-refractivity contribution is 5.82. The highest BCUT2D eigenvalue weighted by atomic mass is 16.5. The van der Waals surface area contributed by atoms with Gasteiger partial charge in [-0.3, -0.25) is 9.69 Å². The summed E-state index contributed by atoms with van der Waals surface area (Å²) >= 11 is 0. The van der Waals surface area contributed by atoms with Crippen molar-refractivity contribution in [2.75, 3.05) is 12.0 Å². The van der Waals surface area contributed by atoms with Crippen LogP contribution in [0.5, 0.6) is 0 Å². The predicted molar refractivity (Wildman–Crippen MR) is 130 cm³/mol. The Kier molecular flexibility index (Phi) is 5.73. The van der Waals surface area contributed by atoms with Gasteiger partial charge in [-0.25, -0.2) is 9.97 Å². The number of aliphatic hydroxyl groups excluding tert-OH is 1. The molecule has 3 heterocycles. The monoisotopic (exact) mass is 461 g/mol. The largest absolute Gasteiger partial charge is 0.456 e. The minimum atomic E-state index is -0.387. The highest BCUT2D eigenvalue weighted by Crippen LogP contribution is 2.37. The Morgan fingerprint density at radius 3 is 2.76 bits per heavy atom. The second-order valence-corrected chi connectivity index (χ2v) is 10.0. The van der Waals surface area contributed by atoms with Gasteiger partial charge in [0.25, 0.3) is 0 Å². The van der Waals surface area contributed by atoms with Crippen LogP contribution >= 0.6 is 0 Å². The number of hydrogen-bond donors (Lipinski definition) is 2. The molecule has 0 saturated carbocycles. The van der Waals surface area contributed by atoms with Gasteiger partial charge in [-0.05, 0) is 42.5 Å². The maximum absolute atomic E-state index is 10.6. The third-order valence-electron chi connectivity index (χ3n) is 6.20. The van der Waals surface area contributed by atoms with Crippen LogP contribution in [0.2, 0.25) is 0 Å². The van der Waals surface area contributed by atoms with Crippen LogP contribution in [0.1, 0.15) is 50.8 Å². The molecule has 3 aromatic rings. The number of aromatic nitrogens is 4. The predicted octanol–water partition coefficient (Wildman–Crippen LogP) is 4.01. The summed E-state index contributed by atoms with van der Waals surface area (Å²) in [6.07, 6.45) is 7.11. The smallest absolute Gasteiger partial charge is 0.227 e. The molecule has 2 aromatic heterocycles. The number of ether oxygens (including phenoxy) is 1. The van der Waals surface area contributed by atoms with Gasteiger partial charge in [0.1, 0.15) is 0 Å². The molecule has 0 saturated heterocycles. The van der Waals surface area contributed by atoms with E-state index < -0.39 is 0 Å². The number of anilines is 2. The first-order valence-electron chi connectivity index (χ1n) is 11.6. The normalized spacial score (nSPS) is 20.4. The van der Waals surface area contributed by atoms with Crippen molar-refractivity contribution in [1.29, 1.82) is 0 Å². The lowest BCUT2D eigenvalue weighted by molar-refractivity contribution is 0.101. The van der Waals surface area contributed by atoms with Gasteiger partial charge in [0.05, 0.1) is 29.7 Å². The number of rotatable bonds is 4. The van der Waals surface area contributed by atoms with E-state index in [9.17, 15) is 5.11 Å². The zero-order valence-corrected chi connectivity index (χ0v) is 20.1. The van der Waals surface area contributed by atoms with Crippen LogP contribution in [-0.2, 0) is 18.2 Å². The molecule has 0 radical (unpaired) electrons. The van der Waals surface area contributed by atoms with Crippen LogP contribution in [0, 0.1) is 5.41 Å². The van der Waals surface area contributed by atoms with Gasteiger partial charge in [-0.2, -0.15) is 5.10 Å². The number of fused-ring (bicyclic) bond motifs is 1. The van der Waals surface area contributed by atoms with E-state index in [1.54, 1.807) is 17.1 Å². The fourth-order valence-corrected chi connectivity index (χ4v) is 4.46. The number of benzene rings is 1. The van der Waals surface area contributed by atoms with Gasteiger partial charge in [0.2, 0.25) is 11.8 Å². The molecule has 2 N–H and O–H groups in total. The van der Waals surface area contributed by atoms with E-state index in [0.29, 0.717) is 19.1 Å². The Morgan fingerprint density at radius 2 is 2.03 bits per heavy atom. The Morgan fingerprint density at radius 1 is 1.18 bits per heavy atom. The summed E-state index contributed by atoms with van der Waals surface area (Å²) in [4.78, 5) is 9.04. The Balaban J connectivity index is 1.44. The average molecular weight is 462 g/mol. The van der Waals surface area contributed by atoms with Crippen molar-refractivity contribution in [3.63, 3.8) is 0 Å². The van der Waals surface area contributed by atoms with Crippen molar-refractivity contribution in [2.45, 2.75) is 52.2 Å². The number of aliphatic hydroxyl groups is 1. The first-order valence-corrected chi connectivity index (χ1v) is 11.6. The minimum absolute atomic E-state index is 0.0641. The SMILES string of the molecule is Cn1cc(Nc2nccc(-c3ccc4c(c3)CC(O)CCC4N3COC(C(C)(C)C)=N3)n2)cn1. The molecule has 1 aliphatic heterocycles. The third kappa shape index (κ3) is 4.61. The second kappa shape index (κ2) is 8.72. The van der Waals surface area contributed by atoms with Gasteiger partial charge in [0.15, 0.2) is 6.73 Å². The fraction of sp³-hybridized carbons (Fsp3) is 0.440. The molecule has 2 unspecified atom stereocenters. The van der Waals surface area contributed by atoms with E-state index in [2.05, 4.69) is 54.4 Å². The summed E-state index contributed by atoms with van der Waals surface area (Å²) < 4.78 is 7.63. The zero-order chi connectivity index (χ0) is 23.9. The number of nitrogens with zero attached hydrogens (tertiary/aromatic N) is 6. The number of hydrazone groups is 1. The van der Waals surface area contributed by atoms with Crippen molar-refractivity contribution < 1.29 is 9.84 Å². The first kappa shape index (κ1) is 22.3. The fourth-order valence-electron chi connectivity index (χ4n) is 4.46. The van der Waals surface area contributed by atoms with Gasteiger partial charge in [-0.15, -0.1) is 5.10 Å². The molecule has 5 rings (SSSR count). The van der Waals surface area contributed by atoms with Crippen LogP contribution in [0.15, 0.2) is 48.0 Å². The number of aryl methyl sites for hydroxylation is 1. The standard InChI is InChI=1S/C25H31N7O2/c1-25(2,3)23-30-32(15-34-23)22-8-6-19(33)12-17-11-16(5-7-20(17)22)21-9-10-26-24(29-21)28-18-13-27-31(4)14-18/h5,7,9-11,13-14,19,22,33H,6,8,12,15H2,1-4H3,(H,26,28,29). The molecule has 34 heavy (non-hydrogen) atoms. The molecule has 0 fully saturated rings. The van der Waals surface area contributed by atoms with Crippen molar-refractivity contribution >= 4 is 17.5 Å². The molecule has 9 heteroatoms. The number of nitrogens with one attached hydrogen (secondary N) is 1. The second-order valence-electron chi connectivity index (χ2n) is 10.0. The molecule has 2 aliphatic rings. The van der Waals surface area contributed by atoms with E-state index in [1.807, 2.05) is 24.3 Å². The average Bonchev–Trinajstić information content (AvgIpc) is 3.41. The van der Waals surface area contributed by atoms with Crippen molar-refractivity contribution in [3.05, 3.63) is 54.0 Å². The zero-order valence-electron chi connectivity index (χ0n) is 20.1. The van der Waals surface area contributed by atoms with E-state index in [0.717, 1.165) is 41.2 Å². The van der Waals surface area contributed by atoms with Crippen molar-refractivity contribution in [3.8, 4) is 11.3 Å². The summed E-state index contributed by atoms with van der Waals surface area (Å²) in [5.74, 6) is 1.27. The van der Waals surface area contributed by atoms with E-state index in [4.69, 9.17) is 14.8 Å². The molecular weight excluding hydrogens is 430 g/mol. The summed E-state index contributed by atoms with van der Waals surface area (Å²) in [5.41, 5.74) is 4.80. The topological polar surface area (TPSA) is 101 Å². The van der Waals surface area contributed by atoms with Gasteiger partial charge in [0, 0.05) is 30.4 Å². The maximum atomic E-state index is 10.6. The summed E-state index contributed by atoms with van der Waals surface area (Å²) in [7, 11) is 1.86. The summed E-state index contributed by atoms with van der Waals surface area (Å²) in [6.45, 7) is 6.74. The molecule has 9 nitrogen and oxygen atoms in total. The van der Waals surface area contributed by atoms with E-state index in [-0.39, 0.29) is 17.6 Å². The van der Waals surface area contributed by atoms with Gasteiger partial charge < -0.3 is 15.2 Å². The lowest BCUT2D eigenvalue weighted by Gasteiger charge is -2.25. The molecule has 1 aromatic carbocycles. The maximum Gasteiger partial charge on any atom is 0.227 e. The first-order chi connectivity index (χ1) is 16.3. The van der Waals surface area contributed by atoms with Crippen molar-refractivity contribution in [2.24, 2.45) is 17.6 Å². The van der Waals surface area contributed by atoms with Crippen molar-refractivity contribution in [1.82, 2.24) is 24.8 Å². The van der Waals surface area contributed by atoms with E-state index in [1.165, 1.54) is 5.56 Å². The minimum Gasteiger partial charge on any atom is -0.456 e. The molecule has 178 valence electrons. The quantitative estimate of drug-likeness (QED) is 0.566. The lowest BCUT2D eigenvalue weighted by Crippen LogP contribution is -2.22. The summed E-state index contributed by atoms with van der Waals surface area (Å²) in [6, 6.07) is 8.33. The Hall–Kier alpha value is -3.46. The van der Waals surface area contributed by atoms with Gasteiger partial charge in [-0.1, -0.05) is 32.9 Å². The summed E-state index contributed by atoms with van der Waals surface area (Å²) in [5, 5.41) is 24.8. The van der Waals surface area contributed by atoms with Crippen LogP contribution in [-0.4, -0.2) is 48.6 Å². The van der Waals surface area contributed by atoms with Gasteiger partial charge >= 0.3 is 0 Å². The van der Waals surface area contributed by atoms with Crippen LogP contribution in [0.3, 0.4) is 0 Å². The Bertz CT molecular complexity index is 1210. The molecule has 0 spiro atoms. The van der Waals surface area contributed by atoms with Crippen LogP contribution in [0.25, 0.3) is 11.3 Å².